The van der Waals surface area contributed by atoms with Crippen LogP contribution in [0, 0.1) is 0 Å². The first kappa shape index (κ1) is 17.8. The number of nitrogens with zero attached hydrogens (tertiary/aromatic N) is 4. The molecule has 0 bridgehead atoms. The Kier molecular flexibility index (Phi) is 3.11. The van der Waals surface area contributed by atoms with Gasteiger partial charge >= 0.3 is 0 Å². The first-order valence-corrected chi connectivity index (χ1v) is 12.0. The maximum atomic E-state index is 4.97. The molecule has 4 heterocycles. The summed E-state index contributed by atoms with van der Waals surface area (Å²) in [5.41, 5.74) is 15.0. The first-order chi connectivity index (χ1) is 17.3. The molecule has 0 saturated carbocycles. The van der Waals surface area contributed by atoms with Gasteiger partial charge in [-0.15, -0.1) is 0 Å². The van der Waals surface area contributed by atoms with Crippen LogP contribution in [0.25, 0.3) is 60.7 Å². The summed E-state index contributed by atoms with van der Waals surface area (Å²) in [5, 5.41) is 3.58. The minimum absolute atomic E-state index is 0.768. The summed E-state index contributed by atoms with van der Waals surface area (Å²) in [4.78, 5) is 14.0. The summed E-state index contributed by atoms with van der Waals surface area (Å²) >= 11 is 0. The number of aromatic nitrogens is 4. The van der Waals surface area contributed by atoms with E-state index in [0.717, 1.165) is 35.2 Å². The van der Waals surface area contributed by atoms with Crippen LogP contribution < -0.4 is 0 Å². The SMILES string of the molecule is c1ccc2c(c1)Cc1cc3c(cc1-2)-c1cc2c4ccncc4n4c5cccnc5nc4c2cc1C3. The molecule has 0 unspecified atom stereocenters. The van der Waals surface area contributed by atoms with Gasteiger partial charge in [0.05, 0.1) is 17.2 Å². The highest BCUT2D eigenvalue weighted by Gasteiger charge is 2.26. The predicted octanol–water partition coefficient (Wildman–Crippen LogP) is 6.73. The van der Waals surface area contributed by atoms with Crippen molar-refractivity contribution in [1.29, 1.82) is 0 Å². The monoisotopic (exact) mass is 446 g/mol. The second-order valence-corrected chi connectivity index (χ2v) is 9.74. The summed E-state index contributed by atoms with van der Waals surface area (Å²) in [7, 11) is 0. The Morgan fingerprint density at radius 1 is 0.600 bits per heavy atom. The lowest BCUT2D eigenvalue weighted by Gasteiger charge is -2.11. The molecular formula is C31H18N4. The van der Waals surface area contributed by atoms with E-state index in [9.17, 15) is 0 Å². The summed E-state index contributed by atoms with van der Waals surface area (Å²) in [6, 6.07) is 24.6. The minimum atomic E-state index is 0.768. The average molecular weight is 447 g/mol. The van der Waals surface area contributed by atoms with E-state index in [1.54, 1.807) is 0 Å². The van der Waals surface area contributed by atoms with Gasteiger partial charge in [-0.1, -0.05) is 30.3 Å². The lowest BCUT2D eigenvalue weighted by atomic mass is 9.96. The van der Waals surface area contributed by atoms with Crippen molar-refractivity contribution in [1.82, 2.24) is 19.4 Å². The van der Waals surface area contributed by atoms with Gasteiger partial charge in [0.15, 0.2) is 5.65 Å². The van der Waals surface area contributed by atoms with Crippen molar-refractivity contribution in [2.24, 2.45) is 0 Å². The van der Waals surface area contributed by atoms with Gasteiger partial charge < -0.3 is 0 Å². The van der Waals surface area contributed by atoms with E-state index in [0.29, 0.717) is 0 Å². The van der Waals surface area contributed by atoms with Gasteiger partial charge in [0.1, 0.15) is 5.65 Å². The Bertz CT molecular complexity index is 2070. The Hall–Kier alpha value is -4.57. The quantitative estimate of drug-likeness (QED) is 0.243. The lowest BCUT2D eigenvalue weighted by Crippen LogP contribution is -1.93. The maximum absolute atomic E-state index is 4.97. The zero-order chi connectivity index (χ0) is 22.7. The van der Waals surface area contributed by atoms with Gasteiger partial charge in [0.2, 0.25) is 0 Å². The van der Waals surface area contributed by atoms with E-state index >= 15 is 0 Å². The molecular weight excluding hydrogens is 428 g/mol. The Labute approximate surface area is 200 Å². The molecule has 4 aromatic heterocycles. The van der Waals surface area contributed by atoms with Gasteiger partial charge in [0, 0.05) is 23.2 Å². The summed E-state index contributed by atoms with van der Waals surface area (Å²) in [6.45, 7) is 0. The van der Waals surface area contributed by atoms with Crippen LogP contribution in [-0.4, -0.2) is 19.4 Å². The van der Waals surface area contributed by atoms with Crippen molar-refractivity contribution in [2.45, 2.75) is 12.8 Å². The van der Waals surface area contributed by atoms with Crippen molar-refractivity contribution in [2.75, 3.05) is 0 Å². The van der Waals surface area contributed by atoms with Crippen LogP contribution >= 0.6 is 0 Å². The number of fused-ring (bicyclic) bond motifs is 14. The number of hydrogen-bond donors (Lipinski definition) is 0. The molecule has 0 spiro atoms. The van der Waals surface area contributed by atoms with E-state index in [1.807, 2.05) is 24.7 Å². The van der Waals surface area contributed by atoms with Gasteiger partial charge in [0.25, 0.3) is 0 Å². The highest BCUT2D eigenvalue weighted by molar-refractivity contribution is 6.15. The van der Waals surface area contributed by atoms with E-state index < -0.39 is 0 Å². The Morgan fingerprint density at radius 3 is 2.40 bits per heavy atom. The van der Waals surface area contributed by atoms with Crippen LogP contribution in [0.4, 0.5) is 0 Å². The van der Waals surface area contributed by atoms with Crippen LogP contribution in [-0.2, 0) is 12.8 Å². The van der Waals surface area contributed by atoms with Crippen LogP contribution in [0.15, 0.2) is 85.3 Å². The molecule has 0 N–H and O–H groups in total. The largest absolute Gasteiger partial charge is 0.288 e. The molecule has 0 radical (unpaired) electrons. The van der Waals surface area contributed by atoms with E-state index in [2.05, 4.69) is 75.0 Å². The highest BCUT2D eigenvalue weighted by atomic mass is 15.1. The summed E-state index contributed by atoms with van der Waals surface area (Å²) in [6.07, 6.45) is 7.63. The van der Waals surface area contributed by atoms with Crippen molar-refractivity contribution < 1.29 is 0 Å². The van der Waals surface area contributed by atoms with Gasteiger partial charge in [-0.05, 0) is 99.1 Å². The fourth-order valence-corrected chi connectivity index (χ4v) is 6.42. The second-order valence-electron chi connectivity index (χ2n) is 9.74. The number of benzene rings is 3. The molecule has 0 saturated heterocycles. The van der Waals surface area contributed by atoms with Gasteiger partial charge in [-0.25, -0.2) is 9.97 Å². The van der Waals surface area contributed by atoms with Crippen molar-refractivity contribution in [3.63, 3.8) is 0 Å². The second kappa shape index (κ2) is 6.10. The molecule has 162 valence electrons. The molecule has 3 aromatic carbocycles. The van der Waals surface area contributed by atoms with Crippen LogP contribution in [0.1, 0.15) is 22.3 Å². The van der Waals surface area contributed by atoms with Crippen LogP contribution in [0.2, 0.25) is 0 Å². The van der Waals surface area contributed by atoms with E-state index in [-0.39, 0.29) is 0 Å². The van der Waals surface area contributed by atoms with E-state index in [4.69, 9.17) is 4.98 Å². The molecule has 4 heteroatoms. The third-order valence-corrected chi connectivity index (χ3v) is 7.93. The number of imidazole rings is 1. The zero-order valence-electron chi connectivity index (χ0n) is 18.8. The molecule has 2 aliphatic rings. The predicted molar refractivity (Wildman–Crippen MR) is 140 cm³/mol. The fourth-order valence-electron chi connectivity index (χ4n) is 6.42. The molecule has 9 rings (SSSR count). The van der Waals surface area contributed by atoms with Crippen LogP contribution in [0.5, 0.6) is 0 Å². The third-order valence-electron chi connectivity index (χ3n) is 7.93. The number of pyridine rings is 3. The summed E-state index contributed by atoms with van der Waals surface area (Å²) < 4.78 is 2.22. The molecule has 4 nitrogen and oxygen atoms in total. The molecule has 0 atom stereocenters. The molecule has 0 aliphatic heterocycles. The number of rotatable bonds is 0. The Morgan fingerprint density at radius 2 is 1.43 bits per heavy atom. The average Bonchev–Trinajstić information content (AvgIpc) is 3.57. The number of hydrogen-bond acceptors (Lipinski definition) is 3. The van der Waals surface area contributed by atoms with E-state index in [1.165, 1.54) is 60.7 Å². The first-order valence-electron chi connectivity index (χ1n) is 12.0. The third kappa shape index (κ3) is 2.20. The molecule has 7 aromatic rings. The smallest absolute Gasteiger partial charge is 0.178 e. The topological polar surface area (TPSA) is 43.1 Å². The normalized spacial score (nSPS) is 13.5. The summed E-state index contributed by atoms with van der Waals surface area (Å²) in [5.74, 6) is 0. The standard InChI is InChI=1S/C31H18N4/c1-2-5-21-17(4-1)10-18-11-19-12-20-13-27-26(15-25(20)24(19)14-23(18)21)22-7-9-32-16-29(22)35-28-6-3-8-33-30(28)34-31(27)35/h1-9,11,13-16H,10,12H2. The highest BCUT2D eigenvalue weighted by Crippen LogP contribution is 2.46. The van der Waals surface area contributed by atoms with Gasteiger partial charge in [-0.2, -0.15) is 0 Å². The minimum Gasteiger partial charge on any atom is -0.288 e. The molecule has 2 aliphatic carbocycles. The maximum Gasteiger partial charge on any atom is 0.178 e. The zero-order valence-corrected chi connectivity index (χ0v) is 18.8. The molecule has 35 heavy (non-hydrogen) atoms. The van der Waals surface area contributed by atoms with Crippen molar-refractivity contribution >= 4 is 38.5 Å². The molecule has 0 fully saturated rings. The van der Waals surface area contributed by atoms with Crippen molar-refractivity contribution in [3.05, 3.63) is 108 Å². The lowest BCUT2D eigenvalue weighted by molar-refractivity contribution is 1.21. The Balaban J connectivity index is 1.39. The molecule has 0 amide bonds. The fraction of sp³-hybridized carbons (Fsp3) is 0.0645. The van der Waals surface area contributed by atoms with Crippen molar-refractivity contribution in [3.8, 4) is 22.3 Å². The van der Waals surface area contributed by atoms with Crippen LogP contribution in [0.3, 0.4) is 0 Å². The van der Waals surface area contributed by atoms with Gasteiger partial charge in [-0.3, -0.25) is 9.38 Å².